The lowest BCUT2D eigenvalue weighted by Crippen LogP contribution is -2.31. The zero-order chi connectivity index (χ0) is 26.9. The number of rotatable bonds is 6. The molecule has 0 bridgehead atoms. The van der Waals surface area contributed by atoms with Gasteiger partial charge in [0.15, 0.2) is 17.4 Å². The number of amides is 1. The van der Waals surface area contributed by atoms with Crippen LogP contribution in [0.2, 0.25) is 0 Å². The zero-order valence-corrected chi connectivity index (χ0v) is 21.5. The molecule has 2 aromatic heterocycles. The third-order valence-electron chi connectivity index (χ3n) is 8.05. The van der Waals surface area contributed by atoms with E-state index in [0.29, 0.717) is 12.6 Å². The largest absolute Gasteiger partial charge is 0.503 e. The average Bonchev–Trinajstić information content (AvgIpc) is 3.62. The van der Waals surface area contributed by atoms with Crippen LogP contribution in [0.1, 0.15) is 61.0 Å². The van der Waals surface area contributed by atoms with Crippen molar-refractivity contribution in [3.8, 4) is 16.9 Å². The number of aromatic nitrogens is 4. The maximum atomic E-state index is 13.6. The number of nitrogens with zero attached hydrogens (tertiary/aromatic N) is 4. The fraction of sp³-hybridized carbons (Fsp3) is 0.414. The van der Waals surface area contributed by atoms with E-state index < -0.39 is 23.3 Å². The zero-order valence-electron chi connectivity index (χ0n) is 21.5. The van der Waals surface area contributed by atoms with Gasteiger partial charge < -0.3 is 15.2 Å². The molecule has 4 aromatic rings. The van der Waals surface area contributed by atoms with Crippen molar-refractivity contribution in [2.75, 3.05) is 19.8 Å². The van der Waals surface area contributed by atoms with Crippen molar-refractivity contribution >= 4 is 16.8 Å². The molecule has 0 atom stereocenters. The fourth-order valence-corrected chi connectivity index (χ4v) is 5.69. The summed E-state index contributed by atoms with van der Waals surface area (Å²) in [5.74, 6) is -3.65. The van der Waals surface area contributed by atoms with E-state index in [2.05, 4.69) is 50.4 Å². The van der Waals surface area contributed by atoms with E-state index in [4.69, 9.17) is 9.84 Å². The van der Waals surface area contributed by atoms with E-state index in [1.807, 2.05) is 6.20 Å². The summed E-state index contributed by atoms with van der Waals surface area (Å²) in [5.41, 5.74) is 2.99. The minimum Gasteiger partial charge on any atom is -0.503 e. The number of carbonyl (C=O) groups excluding carboxylic acids is 1. The van der Waals surface area contributed by atoms with Gasteiger partial charge in [0.2, 0.25) is 0 Å². The highest BCUT2D eigenvalue weighted by Crippen LogP contribution is 2.33. The van der Waals surface area contributed by atoms with Crippen LogP contribution >= 0.6 is 0 Å². The second-order valence-electron chi connectivity index (χ2n) is 10.6. The number of phenols is 1. The summed E-state index contributed by atoms with van der Waals surface area (Å²) in [7, 11) is 0. The van der Waals surface area contributed by atoms with Gasteiger partial charge in [0.1, 0.15) is 0 Å². The van der Waals surface area contributed by atoms with Crippen LogP contribution in [0.4, 0.5) is 8.78 Å². The maximum Gasteiger partial charge on any atom is 0.251 e. The summed E-state index contributed by atoms with van der Waals surface area (Å²) in [4.78, 5) is 12.3. The summed E-state index contributed by atoms with van der Waals surface area (Å²) >= 11 is 0. The van der Waals surface area contributed by atoms with Gasteiger partial charge in [-0.05, 0) is 68.2 Å². The van der Waals surface area contributed by atoms with Crippen LogP contribution in [0.25, 0.3) is 22.0 Å². The van der Waals surface area contributed by atoms with Crippen molar-refractivity contribution < 1.29 is 23.4 Å². The minimum atomic E-state index is -1.15. The Morgan fingerprint density at radius 1 is 0.949 bits per heavy atom. The second-order valence-corrected chi connectivity index (χ2v) is 10.6. The molecule has 1 saturated carbocycles. The summed E-state index contributed by atoms with van der Waals surface area (Å²) in [6.45, 7) is 1.99. The van der Waals surface area contributed by atoms with Crippen molar-refractivity contribution in [3.63, 3.8) is 0 Å². The Kier molecular flexibility index (Phi) is 7.03. The molecule has 2 fully saturated rings. The Balaban J connectivity index is 1.05. The molecule has 39 heavy (non-hydrogen) atoms. The molecule has 2 aromatic carbocycles. The number of benzene rings is 2. The van der Waals surface area contributed by atoms with Gasteiger partial charge in [0.25, 0.3) is 5.91 Å². The third kappa shape index (κ3) is 5.38. The van der Waals surface area contributed by atoms with Crippen molar-refractivity contribution in [3.05, 3.63) is 66.1 Å². The molecule has 1 saturated heterocycles. The normalized spacial score (nSPS) is 20.4. The number of hydrogen-bond donors (Lipinski definition) is 2. The van der Waals surface area contributed by atoms with E-state index in [9.17, 15) is 18.7 Å². The molecule has 204 valence electrons. The Morgan fingerprint density at radius 2 is 1.67 bits per heavy atom. The number of hydrogen-bond acceptors (Lipinski definition) is 5. The lowest BCUT2D eigenvalue weighted by molar-refractivity contribution is 0.0662. The van der Waals surface area contributed by atoms with Gasteiger partial charge in [0.05, 0.1) is 23.8 Å². The average molecular weight is 536 g/mol. The number of carbonyl (C=O) groups is 1. The van der Waals surface area contributed by atoms with Gasteiger partial charge in [-0.1, -0.05) is 12.1 Å². The molecule has 3 heterocycles. The molecule has 1 aliphatic heterocycles. The highest BCUT2D eigenvalue weighted by atomic mass is 19.1. The summed E-state index contributed by atoms with van der Waals surface area (Å²) in [6, 6.07) is 8.70. The SMILES string of the molecule is O=C(NCC1CCC(n2cc3ccc(-c4cnn(C5CCOCC5)c4)cc3n2)CC1)c1cc(F)c(O)c(F)c1. The van der Waals surface area contributed by atoms with Crippen molar-refractivity contribution in [1.29, 1.82) is 0 Å². The Labute approximate surface area is 224 Å². The van der Waals surface area contributed by atoms with E-state index in [0.717, 1.165) is 85.9 Å². The third-order valence-corrected chi connectivity index (χ3v) is 8.05. The van der Waals surface area contributed by atoms with Gasteiger partial charge in [-0.3, -0.25) is 14.2 Å². The fourth-order valence-electron chi connectivity index (χ4n) is 5.69. The van der Waals surface area contributed by atoms with Crippen molar-refractivity contribution in [2.24, 2.45) is 5.92 Å². The first-order valence-corrected chi connectivity index (χ1v) is 13.5. The molecule has 0 unspecified atom stereocenters. The molecule has 2 aliphatic rings. The maximum absolute atomic E-state index is 13.6. The Morgan fingerprint density at radius 3 is 2.41 bits per heavy atom. The van der Waals surface area contributed by atoms with Crippen LogP contribution in [0.15, 0.2) is 48.9 Å². The molecular formula is C29H31F2N5O3. The highest BCUT2D eigenvalue weighted by Gasteiger charge is 2.24. The number of phenolic OH excluding ortho intramolecular Hbond substituents is 1. The molecule has 6 rings (SSSR count). The lowest BCUT2D eigenvalue weighted by atomic mass is 9.86. The monoisotopic (exact) mass is 535 g/mol. The van der Waals surface area contributed by atoms with E-state index in [1.54, 1.807) is 0 Å². The van der Waals surface area contributed by atoms with Crippen LogP contribution in [-0.2, 0) is 4.74 Å². The minimum absolute atomic E-state index is 0.143. The molecule has 10 heteroatoms. The van der Waals surface area contributed by atoms with Crippen molar-refractivity contribution in [2.45, 2.75) is 50.6 Å². The van der Waals surface area contributed by atoms with Crippen LogP contribution < -0.4 is 5.32 Å². The Hall–Kier alpha value is -3.79. The topological polar surface area (TPSA) is 94.2 Å². The molecular weight excluding hydrogens is 504 g/mol. The van der Waals surface area contributed by atoms with E-state index in [-0.39, 0.29) is 17.5 Å². The van der Waals surface area contributed by atoms with Gasteiger partial charge in [-0.25, -0.2) is 8.78 Å². The first kappa shape index (κ1) is 25.5. The van der Waals surface area contributed by atoms with Crippen LogP contribution in [0.3, 0.4) is 0 Å². The summed E-state index contributed by atoms with van der Waals surface area (Å²) < 4.78 is 36.7. The van der Waals surface area contributed by atoms with Gasteiger partial charge >= 0.3 is 0 Å². The summed E-state index contributed by atoms with van der Waals surface area (Å²) in [6.07, 6.45) is 11.8. The molecule has 1 aliphatic carbocycles. The molecule has 2 N–H and O–H groups in total. The number of fused-ring (bicyclic) bond motifs is 1. The van der Waals surface area contributed by atoms with Crippen LogP contribution in [0.5, 0.6) is 5.75 Å². The summed E-state index contributed by atoms with van der Waals surface area (Å²) in [5, 5.41) is 22.6. The van der Waals surface area contributed by atoms with E-state index in [1.165, 1.54) is 0 Å². The number of aromatic hydroxyl groups is 1. The van der Waals surface area contributed by atoms with E-state index >= 15 is 0 Å². The molecule has 0 radical (unpaired) electrons. The van der Waals surface area contributed by atoms with Crippen molar-refractivity contribution in [1.82, 2.24) is 24.9 Å². The smallest absolute Gasteiger partial charge is 0.251 e. The molecule has 0 spiro atoms. The van der Waals surface area contributed by atoms with Gasteiger partial charge in [-0.15, -0.1) is 0 Å². The quantitative estimate of drug-likeness (QED) is 0.345. The van der Waals surface area contributed by atoms with Gasteiger partial charge in [0, 0.05) is 48.7 Å². The number of nitrogens with one attached hydrogen (secondary N) is 1. The predicted molar refractivity (Wildman–Crippen MR) is 141 cm³/mol. The standard InChI is InChI=1S/C29H31F2N5O3/c30-25-11-21(12-26(31)28(25)37)29(38)32-14-18-1-5-23(6-2-18)36-16-20-4-3-19(13-27(20)34-36)22-15-33-35(17-22)24-7-9-39-10-8-24/h3-4,11-13,15-18,23-24,37H,1-2,5-10,14H2,(H,32,38). The molecule has 8 nitrogen and oxygen atoms in total. The highest BCUT2D eigenvalue weighted by molar-refractivity contribution is 5.94. The van der Waals surface area contributed by atoms with Crippen LogP contribution in [-0.4, -0.2) is 50.3 Å². The first-order valence-electron chi connectivity index (χ1n) is 13.5. The second kappa shape index (κ2) is 10.8. The van der Waals surface area contributed by atoms with Gasteiger partial charge in [-0.2, -0.15) is 10.2 Å². The van der Waals surface area contributed by atoms with Crippen LogP contribution in [0, 0.1) is 17.6 Å². The number of halogens is 2. The first-order chi connectivity index (χ1) is 18.9. The number of ether oxygens (including phenoxy) is 1. The predicted octanol–water partition coefficient (Wildman–Crippen LogP) is 5.40. The lowest BCUT2D eigenvalue weighted by Gasteiger charge is -2.28. The Bertz CT molecular complexity index is 1460. The molecule has 1 amide bonds.